The van der Waals surface area contributed by atoms with E-state index in [1.807, 2.05) is 0 Å². The van der Waals surface area contributed by atoms with Gasteiger partial charge in [-0.3, -0.25) is 0 Å². The molecule has 0 spiro atoms. The summed E-state index contributed by atoms with van der Waals surface area (Å²) in [6.45, 7) is 5.02. The first kappa shape index (κ1) is 12.9. The van der Waals surface area contributed by atoms with Gasteiger partial charge in [-0.15, -0.1) is 0 Å². The zero-order valence-corrected chi connectivity index (χ0v) is 10.5. The molecule has 16 heavy (non-hydrogen) atoms. The third-order valence-corrected chi connectivity index (χ3v) is 4.38. The number of carbonyl (C=O) groups excluding carboxylic acids is 1. The van der Waals surface area contributed by atoms with E-state index in [-0.39, 0.29) is 10.6 Å². The molecule has 4 heteroatoms. The van der Waals surface area contributed by atoms with Crippen LogP contribution in [0.4, 0.5) is 0 Å². The SMILES string of the molecule is CCS(=O)(=O)c1ccccc1C(C)(C)C=O. The zero-order valence-electron chi connectivity index (χ0n) is 9.73. The van der Waals surface area contributed by atoms with Crippen molar-refractivity contribution >= 4 is 16.1 Å². The maximum atomic E-state index is 11.9. The van der Waals surface area contributed by atoms with Crippen LogP contribution in [-0.4, -0.2) is 20.5 Å². The Hall–Kier alpha value is -1.16. The first-order chi connectivity index (χ1) is 7.35. The summed E-state index contributed by atoms with van der Waals surface area (Å²) in [6.07, 6.45) is 0.775. The van der Waals surface area contributed by atoms with Crippen molar-refractivity contribution in [3.05, 3.63) is 29.8 Å². The van der Waals surface area contributed by atoms with Crippen molar-refractivity contribution in [2.45, 2.75) is 31.1 Å². The molecule has 0 saturated carbocycles. The largest absolute Gasteiger partial charge is 0.302 e. The van der Waals surface area contributed by atoms with Gasteiger partial charge in [-0.25, -0.2) is 8.42 Å². The topological polar surface area (TPSA) is 51.2 Å². The van der Waals surface area contributed by atoms with Crippen LogP contribution in [0.2, 0.25) is 0 Å². The Balaban J connectivity index is 3.49. The molecule has 3 nitrogen and oxygen atoms in total. The first-order valence-corrected chi connectivity index (χ1v) is 6.79. The average Bonchev–Trinajstić information content (AvgIpc) is 2.29. The van der Waals surface area contributed by atoms with Crippen LogP contribution in [0, 0.1) is 0 Å². The van der Waals surface area contributed by atoms with Crippen molar-refractivity contribution in [1.29, 1.82) is 0 Å². The second-order valence-electron chi connectivity index (χ2n) is 4.24. The van der Waals surface area contributed by atoms with Crippen molar-refractivity contribution < 1.29 is 13.2 Å². The summed E-state index contributed by atoms with van der Waals surface area (Å²) in [5.41, 5.74) is -0.217. The lowest BCUT2D eigenvalue weighted by molar-refractivity contribution is -0.111. The maximum absolute atomic E-state index is 11.9. The Morgan fingerprint density at radius 1 is 1.25 bits per heavy atom. The molecule has 1 aromatic rings. The lowest BCUT2D eigenvalue weighted by Crippen LogP contribution is -2.22. The molecule has 0 aromatic heterocycles. The second-order valence-corrected chi connectivity index (χ2v) is 6.49. The van der Waals surface area contributed by atoms with E-state index in [0.29, 0.717) is 5.56 Å². The fraction of sp³-hybridized carbons (Fsp3) is 0.417. The minimum atomic E-state index is -3.28. The van der Waals surface area contributed by atoms with Crippen LogP contribution < -0.4 is 0 Å². The molecule has 88 valence electrons. The van der Waals surface area contributed by atoms with E-state index in [1.165, 1.54) is 0 Å². The van der Waals surface area contributed by atoms with Gasteiger partial charge in [0.25, 0.3) is 0 Å². The molecule has 0 amide bonds. The Bertz CT molecular complexity index is 487. The van der Waals surface area contributed by atoms with E-state index >= 15 is 0 Å². The van der Waals surface area contributed by atoms with Gasteiger partial charge in [-0.1, -0.05) is 25.1 Å². The van der Waals surface area contributed by atoms with E-state index in [2.05, 4.69) is 0 Å². The lowest BCUT2D eigenvalue weighted by Gasteiger charge is -2.20. The molecule has 0 aliphatic heterocycles. The van der Waals surface area contributed by atoms with Gasteiger partial charge in [0.15, 0.2) is 9.84 Å². The van der Waals surface area contributed by atoms with Crippen LogP contribution >= 0.6 is 0 Å². The summed E-state index contributed by atoms with van der Waals surface area (Å²) in [6, 6.07) is 6.67. The van der Waals surface area contributed by atoms with Gasteiger partial charge in [-0.05, 0) is 25.5 Å². The van der Waals surface area contributed by atoms with Gasteiger partial charge >= 0.3 is 0 Å². The molecule has 0 aliphatic carbocycles. The van der Waals surface area contributed by atoms with Gasteiger partial charge in [0.1, 0.15) is 6.29 Å². The normalized spacial score (nSPS) is 12.4. The third kappa shape index (κ3) is 2.32. The molecular formula is C12H16O3S. The summed E-state index contributed by atoms with van der Waals surface area (Å²) >= 11 is 0. The Morgan fingerprint density at radius 3 is 2.31 bits per heavy atom. The fourth-order valence-corrected chi connectivity index (χ4v) is 2.75. The van der Waals surface area contributed by atoms with Crippen LogP contribution in [0.15, 0.2) is 29.2 Å². The monoisotopic (exact) mass is 240 g/mol. The second kappa shape index (κ2) is 4.37. The lowest BCUT2D eigenvalue weighted by atomic mass is 9.86. The summed E-state index contributed by atoms with van der Waals surface area (Å²) in [5.74, 6) is 0.0406. The van der Waals surface area contributed by atoms with Crippen LogP contribution in [0.5, 0.6) is 0 Å². The van der Waals surface area contributed by atoms with E-state index in [9.17, 15) is 13.2 Å². The molecule has 0 unspecified atom stereocenters. The van der Waals surface area contributed by atoms with Crippen molar-refractivity contribution in [1.82, 2.24) is 0 Å². The number of hydrogen-bond donors (Lipinski definition) is 0. The highest BCUT2D eigenvalue weighted by atomic mass is 32.2. The summed E-state index contributed by atoms with van der Waals surface area (Å²) in [4.78, 5) is 11.3. The molecule has 0 bridgehead atoms. The highest BCUT2D eigenvalue weighted by Crippen LogP contribution is 2.28. The molecule has 0 aliphatic rings. The standard InChI is InChI=1S/C12H16O3S/c1-4-16(14,15)11-8-6-5-7-10(11)12(2,3)9-13/h5-9H,4H2,1-3H3. The number of sulfone groups is 1. The van der Waals surface area contributed by atoms with Crippen LogP contribution in [0.1, 0.15) is 26.3 Å². The van der Waals surface area contributed by atoms with Gasteiger partial charge in [0, 0.05) is 5.41 Å². The number of carbonyl (C=O) groups is 1. The number of aldehydes is 1. The molecule has 0 N–H and O–H groups in total. The number of benzene rings is 1. The minimum Gasteiger partial charge on any atom is -0.302 e. The predicted molar refractivity (Wildman–Crippen MR) is 63.3 cm³/mol. The summed E-state index contributed by atoms with van der Waals surface area (Å²) in [5, 5.41) is 0. The molecule has 1 aromatic carbocycles. The van der Waals surface area contributed by atoms with E-state index in [1.54, 1.807) is 45.0 Å². The van der Waals surface area contributed by atoms with Crippen molar-refractivity contribution in [3.8, 4) is 0 Å². The summed E-state index contributed by atoms with van der Waals surface area (Å²) in [7, 11) is -3.28. The molecule has 1 rings (SSSR count). The van der Waals surface area contributed by atoms with Crippen molar-refractivity contribution in [2.24, 2.45) is 0 Å². The zero-order chi connectivity index (χ0) is 12.4. The maximum Gasteiger partial charge on any atom is 0.178 e. The van der Waals surface area contributed by atoms with Crippen molar-refractivity contribution in [3.63, 3.8) is 0 Å². The highest BCUT2D eigenvalue weighted by molar-refractivity contribution is 7.91. The van der Waals surface area contributed by atoms with Gasteiger partial charge in [-0.2, -0.15) is 0 Å². The van der Waals surface area contributed by atoms with Gasteiger partial charge in [0.05, 0.1) is 10.6 Å². The van der Waals surface area contributed by atoms with E-state index in [0.717, 1.165) is 6.29 Å². The van der Waals surface area contributed by atoms with E-state index < -0.39 is 15.3 Å². The van der Waals surface area contributed by atoms with E-state index in [4.69, 9.17) is 0 Å². The van der Waals surface area contributed by atoms with Crippen LogP contribution in [0.3, 0.4) is 0 Å². The number of hydrogen-bond acceptors (Lipinski definition) is 3. The van der Waals surface area contributed by atoms with Gasteiger partial charge in [0.2, 0.25) is 0 Å². The first-order valence-electron chi connectivity index (χ1n) is 5.13. The Labute approximate surface area is 96.4 Å². The summed E-state index contributed by atoms with van der Waals surface area (Å²) < 4.78 is 23.7. The quantitative estimate of drug-likeness (QED) is 0.756. The molecule has 0 saturated heterocycles. The molecule has 0 atom stereocenters. The molecule has 0 fully saturated rings. The molecule has 0 radical (unpaired) electrons. The Kier molecular flexibility index (Phi) is 3.53. The average molecular weight is 240 g/mol. The van der Waals surface area contributed by atoms with Crippen LogP contribution in [0.25, 0.3) is 0 Å². The Morgan fingerprint density at radius 2 is 1.81 bits per heavy atom. The minimum absolute atomic E-state index is 0.0406. The number of rotatable bonds is 4. The van der Waals surface area contributed by atoms with Crippen LogP contribution in [-0.2, 0) is 20.0 Å². The fourth-order valence-electron chi connectivity index (χ4n) is 1.49. The highest BCUT2D eigenvalue weighted by Gasteiger charge is 2.27. The third-order valence-electron chi connectivity index (χ3n) is 2.59. The molecule has 0 heterocycles. The van der Waals surface area contributed by atoms with Gasteiger partial charge < -0.3 is 4.79 Å². The van der Waals surface area contributed by atoms with Crippen molar-refractivity contribution in [2.75, 3.05) is 5.75 Å². The molecular weight excluding hydrogens is 224 g/mol. The smallest absolute Gasteiger partial charge is 0.178 e. The predicted octanol–water partition coefficient (Wildman–Crippen LogP) is 1.96.